The van der Waals surface area contributed by atoms with Gasteiger partial charge in [-0.25, -0.2) is 0 Å². The van der Waals surface area contributed by atoms with E-state index in [1.807, 2.05) is 31.3 Å². The van der Waals surface area contributed by atoms with Crippen molar-refractivity contribution in [2.75, 3.05) is 6.61 Å². The molecule has 1 atom stereocenters. The molecular formula is C20H22N2O4S. The number of hydrogen-bond acceptors (Lipinski definition) is 6. The van der Waals surface area contributed by atoms with Gasteiger partial charge in [0, 0.05) is 11.9 Å². The lowest BCUT2D eigenvalue weighted by atomic mass is 10.1. The van der Waals surface area contributed by atoms with Gasteiger partial charge in [0.05, 0.1) is 5.25 Å². The highest BCUT2D eigenvalue weighted by atomic mass is 32.2. The van der Waals surface area contributed by atoms with E-state index in [9.17, 15) is 14.4 Å². The number of pyridine rings is 1. The van der Waals surface area contributed by atoms with Gasteiger partial charge < -0.3 is 4.74 Å². The van der Waals surface area contributed by atoms with Crippen molar-refractivity contribution in [1.82, 2.24) is 10.3 Å². The molecule has 1 N–H and O–H groups in total. The molecule has 1 fully saturated rings. The fraction of sp³-hybridized carbons (Fsp3) is 0.300. The molecular weight excluding hydrogens is 364 g/mol. The molecule has 0 radical (unpaired) electrons. The van der Waals surface area contributed by atoms with Crippen LogP contribution >= 0.6 is 11.8 Å². The maximum absolute atomic E-state index is 11.4. The number of imide groups is 1. The van der Waals surface area contributed by atoms with E-state index >= 15 is 0 Å². The lowest BCUT2D eigenvalue weighted by Crippen LogP contribution is -2.25. The minimum atomic E-state index is -0.362. The van der Waals surface area contributed by atoms with Gasteiger partial charge in [-0.15, -0.1) is 0 Å². The molecule has 27 heavy (non-hydrogen) atoms. The fourth-order valence-electron chi connectivity index (χ4n) is 2.30. The molecule has 2 amide bonds. The second kappa shape index (κ2) is 10.5. The summed E-state index contributed by atoms with van der Waals surface area (Å²) < 4.78 is 5.11. The molecule has 7 heteroatoms. The van der Waals surface area contributed by atoms with Gasteiger partial charge in [-0.1, -0.05) is 36.9 Å². The molecule has 1 unspecified atom stereocenters. The highest BCUT2D eigenvalue weighted by molar-refractivity contribution is 8.15. The lowest BCUT2D eigenvalue weighted by Gasteiger charge is -2.06. The molecule has 1 aromatic carbocycles. The zero-order valence-electron chi connectivity index (χ0n) is 15.3. The smallest absolute Gasteiger partial charge is 0.286 e. The molecule has 0 aliphatic carbocycles. The third-order valence-corrected chi connectivity index (χ3v) is 4.79. The Morgan fingerprint density at radius 3 is 2.37 bits per heavy atom. The Kier molecular flexibility index (Phi) is 8.00. The molecule has 6 nitrogen and oxygen atoms in total. The first-order chi connectivity index (χ1) is 13.0. The molecule has 0 bridgehead atoms. The standard InChI is InChI=1S/C12H11NO4S.C8H11N/c14-5-6-17-9-3-1-8(2-4-9)7-10-11(15)13-12(16)18-10;1-3-8-5-4-7(2)9-6-8/h1-5,10H,6-7H2,(H,13,15,16);4-6H,3H2,1-2H3. The topological polar surface area (TPSA) is 85.4 Å². The van der Waals surface area contributed by atoms with E-state index in [2.05, 4.69) is 23.3 Å². The highest BCUT2D eigenvalue weighted by Gasteiger charge is 2.31. The second-order valence-electron chi connectivity index (χ2n) is 5.87. The third-order valence-electron chi connectivity index (χ3n) is 3.81. The van der Waals surface area contributed by atoms with E-state index in [0.717, 1.165) is 29.4 Å². The van der Waals surface area contributed by atoms with Crippen LogP contribution in [0.15, 0.2) is 42.6 Å². The van der Waals surface area contributed by atoms with E-state index in [-0.39, 0.29) is 23.0 Å². The molecule has 2 aromatic rings. The Labute approximate surface area is 162 Å². The SMILES string of the molecule is CCc1ccc(C)nc1.O=CCOc1ccc(CC2SC(=O)NC2=O)cc1. The Bertz CT molecular complexity index is 776. The number of aromatic nitrogens is 1. The summed E-state index contributed by atoms with van der Waals surface area (Å²) >= 11 is 1.01. The molecule has 0 spiro atoms. The summed E-state index contributed by atoms with van der Waals surface area (Å²) in [6.45, 7) is 4.15. The van der Waals surface area contributed by atoms with Crippen LogP contribution in [-0.2, 0) is 22.4 Å². The van der Waals surface area contributed by atoms with E-state index in [1.165, 1.54) is 5.56 Å². The zero-order valence-corrected chi connectivity index (χ0v) is 16.1. The van der Waals surface area contributed by atoms with Gasteiger partial charge in [-0.3, -0.25) is 24.7 Å². The van der Waals surface area contributed by atoms with Crippen molar-refractivity contribution in [3.05, 3.63) is 59.4 Å². The molecule has 0 saturated carbocycles. The number of carbonyl (C=O) groups is 3. The van der Waals surface area contributed by atoms with Crippen LogP contribution in [0.3, 0.4) is 0 Å². The van der Waals surface area contributed by atoms with Gasteiger partial charge in [0.2, 0.25) is 5.91 Å². The molecule has 1 aromatic heterocycles. The Hall–Kier alpha value is -2.67. The van der Waals surface area contributed by atoms with Crippen LogP contribution in [0, 0.1) is 6.92 Å². The van der Waals surface area contributed by atoms with Gasteiger partial charge in [0.25, 0.3) is 5.24 Å². The first-order valence-corrected chi connectivity index (χ1v) is 9.48. The normalized spacial score (nSPS) is 15.6. The molecule has 2 heterocycles. The summed E-state index contributed by atoms with van der Waals surface area (Å²) in [5.74, 6) is 0.358. The number of aryl methyl sites for hydroxylation is 2. The van der Waals surface area contributed by atoms with Gasteiger partial charge in [-0.2, -0.15) is 0 Å². The summed E-state index contributed by atoms with van der Waals surface area (Å²) in [4.78, 5) is 36.7. The molecule has 142 valence electrons. The van der Waals surface area contributed by atoms with Gasteiger partial charge >= 0.3 is 0 Å². The number of benzene rings is 1. The minimum Gasteiger partial charge on any atom is -0.486 e. The Morgan fingerprint density at radius 2 is 1.85 bits per heavy atom. The average molecular weight is 386 g/mol. The Balaban J connectivity index is 0.000000244. The number of amides is 2. The van der Waals surface area contributed by atoms with E-state index in [1.54, 1.807) is 12.1 Å². The average Bonchev–Trinajstić information content (AvgIpc) is 2.99. The highest BCUT2D eigenvalue weighted by Crippen LogP contribution is 2.23. The van der Waals surface area contributed by atoms with Crippen molar-refractivity contribution in [1.29, 1.82) is 0 Å². The largest absolute Gasteiger partial charge is 0.486 e. The van der Waals surface area contributed by atoms with Crippen LogP contribution in [0.25, 0.3) is 0 Å². The van der Waals surface area contributed by atoms with Crippen molar-refractivity contribution in [2.24, 2.45) is 0 Å². The van der Waals surface area contributed by atoms with Crippen LogP contribution in [0.2, 0.25) is 0 Å². The number of thioether (sulfide) groups is 1. The van der Waals surface area contributed by atoms with Crippen molar-refractivity contribution < 1.29 is 19.1 Å². The predicted molar refractivity (Wildman–Crippen MR) is 105 cm³/mol. The molecule has 1 aliphatic heterocycles. The molecule has 3 rings (SSSR count). The van der Waals surface area contributed by atoms with Crippen molar-refractivity contribution in [2.45, 2.75) is 31.9 Å². The van der Waals surface area contributed by atoms with Crippen molar-refractivity contribution >= 4 is 29.2 Å². The van der Waals surface area contributed by atoms with Crippen LogP contribution in [0.4, 0.5) is 4.79 Å². The number of hydrogen-bond donors (Lipinski definition) is 1. The van der Waals surface area contributed by atoms with Crippen LogP contribution < -0.4 is 10.1 Å². The fourth-order valence-corrected chi connectivity index (χ4v) is 3.16. The van der Waals surface area contributed by atoms with Crippen molar-refractivity contribution in [3.63, 3.8) is 0 Å². The minimum absolute atomic E-state index is 0.0226. The summed E-state index contributed by atoms with van der Waals surface area (Å²) in [5.41, 5.74) is 3.34. The lowest BCUT2D eigenvalue weighted by molar-refractivity contribution is -0.119. The number of rotatable bonds is 6. The first kappa shape index (κ1) is 20.6. The number of ether oxygens (including phenoxy) is 1. The number of aldehydes is 1. The number of nitrogens with one attached hydrogen (secondary N) is 1. The second-order valence-corrected chi connectivity index (χ2v) is 7.05. The van der Waals surface area contributed by atoms with Crippen molar-refractivity contribution in [3.8, 4) is 5.75 Å². The van der Waals surface area contributed by atoms with E-state index in [4.69, 9.17) is 4.74 Å². The third kappa shape index (κ3) is 6.86. The number of nitrogens with zero attached hydrogens (tertiary/aromatic N) is 1. The van der Waals surface area contributed by atoms with Crippen LogP contribution in [-0.4, -0.2) is 34.3 Å². The van der Waals surface area contributed by atoms with Crippen LogP contribution in [0.1, 0.15) is 23.7 Å². The van der Waals surface area contributed by atoms with Gasteiger partial charge in [0.1, 0.15) is 12.4 Å². The maximum atomic E-state index is 11.4. The maximum Gasteiger partial charge on any atom is 0.286 e. The summed E-state index contributed by atoms with van der Waals surface area (Å²) in [7, 11) is 0. The van der Waals surface area contributed by atoms with E-state index in [0.29, 0.717) is 18.5 Å². The Morgan fingerprint density at radius 1 is 1.15 bits per heavy atom. The predicted octanol–water partition coefficient (Wildman–Crippen LogP) is 3.11. The van der Waals surface area contributed by atoms with Crippen LogP contribution in [0.5, 0.6) is 5.75 Å². The number of carbonyl (C=O) groups excluding carboxylic acids is 3. The molecule has 1 aliphatic rings. The summed E-state index contributed by atoms with van der Waals surface area (Å²) in [6, 6.07) is 11.3. The van der Waals surface area contributed by atoms with Gasteiger partial charge in [0.15, 0.2) is 6.29 Å². The van der Waals surface area contributed by atoms with Gasteiger partial charge in [-0.05, 0) is 49.1 Å². The first-order valence-electron chi connectivity index (χ1n) is 8.60. The quantitative estimate of drug-likeness (QED) is 0.768. The zero-order chi connectivity index (χ0) is 19.6. The molecule has 1 saturated heterocycles. The monoisotopic (exact) mass is 386 g/mol. The summed E-state index contributed by atoms with van der Waals surface area (Å²) in [6.07, 6.45) is 4.18. The van der Waals surface area contributed by atoms with E-state index < -0.39 is 0 Å². The summed E-state index contributed by atoms with van der Waals surface area (Å²) in [5, 5.41) is 1.59.